The van der Waals surface area contributed by atoms with E-state index in [1.807, 2.05) is 42.5 Å². The molecule has 1 fully saturated rings. The van der Waals surface area contributed by atoms with Crippen molar-refractivity contribution in [2.45, 2.75) is 20.5 Å². The highest BCUT2D eigenvalue weighted by Gasteiger charge is 2.41. The van der Waals surface area contributed by atoms with E-state index >= 15 is 0 Å². The molecule has 4 aromatic rings. The van der Waals surface area contributed by atoms with Gasteiger partial charge in [-0.05, 0) is 85.2 Å². The molecular formula is C33H28N2O4S. The summed E-state index contributed by atoms with van der Waals surface area (Å²) < 4.78 is 11.6. The molecule has 40 heavy (non-hydrogen) atoms. The van der Waals surface area contributed by atoms with Gasteiger partial charge in [-0.25, -0.2) is 0 Å². The van der Waals surface area contributed by atoms with Crippen molar-refractivity contribution >= 4 is 46.6 Å². The molecule has 1 saturated heterocycles. The lowest BCUT2D eigenvalue weighted by atomic mass is 10.0. The van der Waals surface area contributed by atoms with Gasteiger partial charge in [0.2, 0.25) is 0 Å². The standard InChI is InChI=1S/C33H28N2O4S/c1-22-14-15-24(18-23(22)2)21-39-30-20-28(38-3)17-16-25(30)19-29-31(36)34(26-10-6-4-7-11-26)33(40)35(32(29)37)27-12-8-5-9-13-27/h4-20H,21H2,1-3H3. The molecule has 1 aliphatic rings. The zero-order valence-electron chi connectivity index (χ0n) is 22.5. The van der Waals surface area contributed by atoms with E-state index in [0.717, 1.165) is 5.56 Å². The minimum absolute atomic E-state index is 0.0393. The number of carbonyl (C=O) groups excluding carboxylic acids is 2. The summed E-state index contributed by atoms with van der Waals surface area (Å²) in [5.41, 5.74) is 5.04. The summed E-state index contributed by atoms with van der Waals surface area (Å²) in [4.78, 5) is 30.5. The van der Waals surface area contributed by atoms with Crippen LogP contribution >= 0.6 is 12.2 Å². The second kappa shape index (κ2) is 11.6. The summed E-state index contributed by atoms with van der Waals surface area (Å²) in [6.07, 6.45) is 1.56. The molecule has 1 heterocycles. The first-order valence-electron chi connectivity index (χ1n) is 12.8. The SMILES string of the molecule is COc1ccc(C=C2C(=O)N(c3ccccc3)C(=S)N(c3ccccc3)C2=O)c(OCc2ccc(C)c(C)c2)c1. The molecule has 6 nitrogen and oxygen atoms in total. The topological polar surface area (TPSA) is 59.1 Å². The first kappa shape index (κ1) is 26.8. The normalized spacial score (nSPS) is 13.5. The molecule has 2 amide bonds. The Hall–Kier alpha value is -4.75. The molecule has 4 aromatic carbocycles. The molecule has 0 atom stereocenters. The van der Waals surface area contributed by atoms with Gasteiger partial charge < -0.3 is 9.47 Å². The van der Waals surface area contributed by atoms with Crippen molar-refractivity contribution in [1.82, 2.24) is 0 Å². The fourth-order valence-corrected chi connectivity index (χ4v) is 4.81. The predicted molar refractivity (Wildman–Crippen MR) is 162 cm³/mol. The number of thiocarbonyl (C=S) groups is 1. The van der Waals surface area contributed by atoms with Crippen LogP contribution in [-0.4, -0.2) is 24.0 Å². The van der Waals surface area contributed by atoms with Crippen LogP contribution in [0, 0.1) is 13.8 Å². The number of amides is 2. The Balaban J connectivity index is 1.58. The third-order valence-corrected chi connectivity index (χ3v) is 7.13. The van der Waals surface area contributed by atoms with Gasteiger partial charge in [-0.3, -0.25) is 19.4 Å². The van der Waals surface area contributed by atoms with Gasteiger partial charge in [0.05, 0.1) is 18.5 Å². The van der Waals surface area contributed by atoms with Crippen LogP contribution in [0.1, 0.15) is 22.3 Å². The molecule has 0 aromatic heterocycles. The maximum absolute atomic E-state index is 13.9. The Labute approximate surface area is 239 Å². The Morgan fingerprint density at radius 1 is 0.750 bits per heavy atom. The van der Waals surface area contributed by atoms with Gasteiger partial charge in [0, 0.05) is 11.6 Å². The lowest BCUT2D eigenvalue weighted by molar-refractivity contribution is -0.120. The molecule has 0 bridgehead atoms. The molecule has 0 spiro atoms. The van der Waals surface area contributed by atoms with E-state index in [2.05, 4.69) is 26.0 Å². The quantitative estimate of drug-likeness (QED) is 0.147. The van der Waals surface area contributed by atoms with Gasteiger partial charge in [-0.2, -0.15) is 0 Å². The third-order valence-electron chi connectivity index (χ3n) is 6.76. The van der Waals surface area contributed by atoms with Crippen LogP contribution < -0.4 is 19.3 Å². The summed E-state index contributed by atoms with van der Waals surface area (Å²) >= 11 is 5.70. The number of benzene rings is 4. The summed E-state index contributed by atoms with van der Waals surface area (Å²) in [7, 11) is 1.57. The molecule has 7 heteroatoms. The average Bonchev–Trinajstić information content (AvgIpc) is 2.97. The van der Waals surface area contributed by atoms with Gasteiger partial charge in [0.25, 0.3) is 11.8 Å². The monoisotopic (exact) mass is 548 g/mol. The number of para-hydroxylation sites is 2. The lowest BCUT2D eigenvalue weighted by Gasteiger charge is -2.36. The van der Waals surface area contributed by atoms with Crippen LogP contribution in [0.4, 0.5) is 11.4 Å². The minimum Gasteiger partial charge on any atom is -0.497 e. The van der Waals surface area contributed by atoms with E-state index in [1.54, 1.807) is 55.7 Å². The maximum atomic E-state index is 13.9. The van der Waals surface area contributed by atoms with Crippen LogP contribution in [0.25, 0.3) is 6.08 Å². The number of hydrogen-bond acceptors (Lipinski definition) is 5. The summed E-state index contributed by atoms with van der Waals surface area (Å²) in [5, 5.41) is 0.0884. The molecule has 0 N–H and O–H groups in total. The Morgan fingerprint density at radius 3 is 1.90 bits per heavy atom. The van der Waals surface area contributed by atoms with Gasteiger partial charge in [0.15, 0.2) is 5.11 Å². The van der Waals surface area contributed by atoms with Crippen molar-refractivity contribution in [3.8, 4) is 11.5 Å². The first-order chi connectivity index (χ1) is 19.4. The van der Waals surface area contributed by atoms with Gasteiger partial charge in [-0.1, -0.05) is 54.6 Å². The summed E-state index contributed by atoms with van der Waals surface area (Å²) in [5.74, 6) is 0.0569. The van der Waals surface area contributed by atoms with Crippen LogP contribution in [0.3, 0.4) is 0 Å². The second-order valence-corrected chi connectivity index (χ2v) is 9.77. The highest BCUT2D eigenvalue weighted by molar-refractivity contribution is 7.81. The first-order valence-corrected chi connectivity index (χ1v) is 13.2. The van der Waals surface area contributed by atoms with E-state index in [1.165, 1.54) is 20.9 Å². The molecule has 0 aliphatic carbocycles. The van der Waals surface area contributed by atoms with Gasteiger partial charge >= 0.3 is 0 Å². The molecular weight excluding hydrogens is 520 g/mol. The number of nitrogens with zero attached hydrogens (tertiary/aromatic N) is 2. The number of rotatable bonds is 7. The smallest absolute Gasteiger partial charge is 0.270 e. The molecule has 1 aliphatic heterocycles. The molecule has 0 saturated carbocycles. The third kappa shape index (κ3) is 5.37. The Bertz CT molecular complexity index is 1550. The highest BCUT2D eigenvalue weighted by atomic mass is 32.1. The Morgan fingerprint density at radius 2 is 1.35 bits per heavy atom. The number of ether oxygens (including phenoxy) is 2. The van der Waals surface area contributed by atoms with E-state index in [-0.39, 0.29) is 10.7 Å². The van der Waals surface area contributed by atoms with Crippen LogP contribution in [0.5, 0.6) is 11.5 Å². The lowest BCUT2D eigenvalue weighted by Crippen LogP contribution is -2.56. The van der Waals surface area contributed by atoms with E-state index in [0.29, 0.717) is 35.0 Å². The van der Waals surface area contributed by atoms with Crippen molar-refractivity contribution in [1.29, 1.82) is 0 Å². The van der Waals surface area contributed by atoms with Crippen LogP contribution in [0.2, 0.25) is 0 Å². The number of hydrogen-bond donors (Lipinski definition) is 0. The molecule has 200 valence electrons. The van der Waals surface area contributed by atoms with Crippen molar-refractivity contribution in [2.75, 3.05) is 16.9 Å². The van der Waals surface area contributed by atoms with Crippen LogP contribution in [0.15, 0.2) is 103 Å². The van der Waals surface area contributed by atoms with E-state index < -0.39 is 11.8 Å². The summed E-state index contributed by atoms with van der Waals surface area (Å²) in [6.45, 7) is 4.43. The number of aryl methyl sites for hydroxylation is 2. The van der Waals surface area contributed by atoms with Gasteiger partial charge in [0.1, 0.15) is 23.7 Å². The summed E-state index contributed by atoms with van der Waals surface area (Å²) in [6, 6.07) is 29.6. The predicted octanol–water partition coefficient (Wildman–Crippen LogP) is 6.64. The molecule has 0 unspecified atom stereocenters. The van der Waals surface area contributed by atoms with Crippen molar-refractivity contribution in [3.63, 3.8) is 0 Å². The van der Waals surface area contributed by atoms with Gasteiger partial charge in [-0.15, -0.1) is 0 Å². The fourth-order valence-electron chi connectivity index (χ4n) is 4.43. The van der Waals surface area contributed by atoms with Crippen LogP contribution in [-0.2, 0) is 16.2 Å². The van der Waals surface area contributed by atoms with Crippen molar-refractivity contribution < 1.29 is 19.1 Å². The molecule has 5 rings (SSSR count). The zero-order valence-corrected chi connectivity index (χ0v) is 23.3. The number of anilines is 2. The van der Waals surface area contributed by atoms with Crippen molar-refractivity contribution in [3.05, 3.63) is 125 Å². The number of methoxy groups -OCH3 is 1. The van der Waals surface area contributed by atoms with E-state index in [4.69, 9.17) is 21.7 Å². The minimum atomic E-state index is -0.510. The van der Waals surface area contributed by atoms with E-state index in [9.17, 15) is 9.59 Å². The second-order valence-electron chi connectivity index (χ2n) is 9.40. The maximum Gasteiger partial charge on any atom is 0.270 e. The Kier molecular flexibility index (Phi) is 7.75. The van der Waals surface area contributed by atoms with Crippen molar-refractivity contribution in [2.24, 2.45) is 0 Å². The number of carbonyl (C=O) groups is 2. The average molecular weight is 549 g/mol. The molecule has 0 radical (unpaired) electrons. The largest absolute Gasteiger partial charge is 0.497 e. The zero-order chi connectivity index (χ0) is 28.2. The highest BCUT2D eigenvalue weighted by Crippen LogP contribution is 2.33. The fraction of sp³-hybridized carbons (Fsp3) is 0.121.